The molecule has 2 aliphatic rings. The molecular weight excluding hydrogens is 729 g/mol. The van der Waals surface area contributed by atoms with Gasteiger partial charge in [0.05, 0.1) is 49.3 Å². The highest BCUT2D eigenvalue weighted by Gasteiger charge is 2.43. The van der Waals surface area contributed by atoms with Gasteiger partial charge in [-0.1, -0.05) is 85.2 Å². The van der Waals surface area contributed by atoms with E-state index < -0.39 is 48.3 Å². The Labute approximate surface area is 341 Å². The van der Waals surface area contributed by atoms with Crippen molar-refractivity contribution in [3.63, 3.8) is 0 Å². The molecule has 322 valence electrons. The number of hydroxylamine groups is 2. The summed E-state index contributed by atoms with van der Waals surface area (Å²) >= 11 is 0. The van der Waals surface area contributed by atoms with Crippen LogP contribution in [0.4, 0.5) is 0 Å². The van der Waals surface area contributed by atoms with Crippen molar-refractivity contribution in [2.45, 2.75) is 136 Å². The van der Waals surface area contributed by atoms with Gasteiger partial charge in [-0.05, 0) is 56.0 Å². The van der Waals surface area contributed by atoms with Crippen molar-refractivity contribution in [2.24, 2.45) is 23.7 Å². The van der Waals surface area contributed by atoms with Crippen LogP contribution in [-0.2, 0) is 44.7 Å². The number of carbonyl (C=O) groups is 5. The minimum atomic E-state index is -0.845. The van der Waals surface area contributed by atoms with Gasteiger partial charge < -0.3 is 35.2 Å². The average Bonchev–Trinajstić information content (AvgIpc) is 3.69. The summed E-state index contributed by atoms with van der Waals surface area (Å²) in [7, 11) is 6.56. The summed E-state index contributed by atoms with van der Waals surface area (Å²) in [6, 6.07) is 6.62. The molecule has 9 atom stereocenters. The zero-order valence-corrected chi connectivity index (χ0v) is 36.4. The Morgan fingerprint density at radius 1 is 0.877 bits per heavy atom. The van der Waals surface area contributed by atoms with Gasteiger partial charge in [-0.2, -0.15) is 0 Å². The fourth-order valence-corrected chi connectivity index (χ4v) is 8.35. The fourth-order valence-electron chi connectivity index (χ4n) is 8.35. The number of rotatable bonds is 21. The molecule has 14 heteroatoms. The number of likely N-dealkylation sites (N-methyl/N-ethyl adjacent to an activating group) is 2. The van der Waals surface area contributed by atoms with Crippen LogP contribution in [0.2, 0.25) is 0 Å². The first kappa shape index (κ1) is 47.8. The number of methoxy groups -OCH3 is 2. The number of likely N-dealkylation sites (tertiary alicyclic amines) is 1. The number of amides is 5. The molecule has 0 aliphatic carbocycles. The highest BCUT2D eigenvalue weighted by Crippen LogP contribution is 2.30. The van der Waals surface area contributed by atoms with Crippen molar-refractivity contribution in [3.05, 3.63) is 35.9 Å². The predicted molar refractivity (Wildman–Crippen MR) is 220 cm³/mol. The first-order valence-electron chi connectivity index (χ1n) is 21.0. The fraction of sp³-hybridized carbons (Fsp3) is 0.744. The predicted octanol–water partition coefficient (Wildman–Crippen LogP) is 3.57. The van der Waals surface area contributed by atoms with Crippen molar-refractivity contribution < 1.29 is 38.3 Å². The van der Waals surface area contributed by atoms with Gasteiger partial charge in [0, 0.05) is 40.8 Å². The van der Waals surface area contributed by atoms with E-state index in [1.165, 1.54) is 5.06 Å². The van der Waals surface area contributed by atoms with E-state index in [2.05, 4.69) is 16.0 Å². The number of benzene rings is 1. The lowest BCUT2D eigenvalue weighted by molar-refractivity contribution is -0.199. The van der Waals surface area contributed by atoms with Crippen molar-refractivity contribution in [1.82, 2.24) is 30.8 Å². The van der Waals surface area contributed by atoms with E-state index in [0.717, 1.165) is 31.2 Å². The van der Waals surface area contributed by atoms with E-state index in [4.69, 9.17) is 14.3 Å². The Morgan fingerprint density at radius 3 is 2.09 bits per heavy atom. The quantitative estimate of drug-likeness (QED) is 0.169. The Kier molecular flexibility index (Phi) is 19.4. The lowest BCUT2D eigenvalue weighted by atomic mass is 9.89. The second-order valence-electron chi connectivity index (χ2n) is 16.6. The van der Waals surface area contributed by atoms with Gasteiger partial charge in [0.1, 0.15) is 12.1 Å². The summed E-state index contributed by atoms with van der Waals surface area (Å²) in [5, 5.41) is 10.4. The smallest absolute Gasteiger partial charge is 0.269 e. The molecule has 0 aromatic heterocycles. The Bertz CT molecular complexity index is 1440. The average molecular weight is 801 g/mol. The standard InChI is InChI=1S/C43H72N6O8/c1-12-29(6)38(47(9)43(54)37(28(4)5)46-41(52)36(44-8)27(2)3)34(55-10)26-35(50)48-22-18-21-33(48)39(56-11)30(7)40(51)45-32(25-31-19-14-13-15-20-31)42(53)49-23-16-17-24-57-49/h13-15,19-20,27-30,32-34,36-39,44H,12,16-18,21-26H2,1-11H3,(H,45,51)(H,46,52)/t29-,30+,32-,33-,34+,36-,37-,38-,39+/m0/s1. The van der Waals surface area contributed by atoms with Crippen LogP contribution in [0.25, 0.3) is 0 Å². The SMILES string of the molecule is CC[C@H](C)[C@@H]([C@@H](CC(=O)N1CCC[C@H]1[C@H](OC)[C@@H](C)C(=O)N[C@@H](Cc1ccccc1)C(=O)N1CCCCO1)OC)N(C)C(=O)[C@@H](NC(=O)[C@@H](NC)C(C)C)C(C)C. The molecule has 2 fully saturated rings. The second-order valence-corrected chi connectivity index (χ2v) is 16.6. The molecule has 0 radical (unpaired) electrons. The monoisotopic (exact) mass is 801 g/mol. The Balaban J connectivity index is 1.79. The van der Waals surface area contributed by atoms with Gasteiger partial charge in [0.25, 0.3) is 5.91 Å². The molecule has 0 saturated carbocycles. The zero-order valence-electron chi connectivity index (χ0n) is 36.4. The van der Waals surface area contributed by atoms with Crippen LogP contribution in [0.5, 0.6) is 0 Å². The topological polar surface area (TPSA) is 159 Å². The molecule has 0 unspecified atom stereocenters. The van der Waals surface area contributed by atoms with Gasteiger partial charge >= 0.3 is 0 Å². The Hall–Kier alpha value is -3.59. The van der Waals surface area contributed by atoms with Crippen LogP contribution in [0.1, 0.15) is 92.6 Å². The molecule has 2 heterocycles. The van der Waals surface area contributed by atoms with Gasteiger partial charge in [0.15, 0.2) is 0 Å². The number of hydrogen-bond acceptors (Lipinski definition) is 9. The maximum atomic E-state index is 14.3. The van der Waals surface area contributed by atoms with Crippen molar-refractivity contribution >= 4 is 29.5 Å². The minimum Gasteiger partial charge on any atom is -0.379 e. The number of ether oxygens (including phenoxy) is 2. The number of carbonyl (C=O) groups excluding carboxylic acids is 5. The molecule has 0 bridgehead atoms. The van der Waals surface area contributed by atoms with Crippen LogP contribution in [0.3, 0.4) is 0 Å². The lowest BCUT2D eigenvalue weighted by Gasteiger charge is -2.41. The molecule has 3 rings (SSSR count). The van der Waals surface area contributed by atoms with Gasteiger partial charge in [-0.15, -0.1) is 0 Å². The molecule has 1 aromatic carbocycles. The summed E-state index contributed by atoms with van der Waals surface area (Å²) < 4.78 is 12.0. The van der Waals surface area contributed by atoms with Crippen molar-refractivity contribution in [2.75, 3.05) is 48.0 Å². The van der Waals surface area contributed by atoms with Gasteiger partial charge in [-0.25, -0.2) is 5.06 Å². The highest BCUT2D eigenvalue weighted by molar-refractivity contribution is 5.90. The number of hydrogen-bond donors (Lipinski definition) is 3. The summed E-state index contributed by atoms with van der Waals surface area (Å²) in [6.07, 6.45) is 2.82. The molecule has 2 aliphatic heterocycles. The van der Waals surface area contributed by atoms with E-state index >= 15 is 0 Å². The summed E-state index contributed by atoms with van der Waals surface area (Å²) in [5.74, 6) is -2.18. The maximum absolute atomic E-state index is 14.3. The van der Waals surface area contributed by atoms with E-state index in [9.17, 15) is 24.0 Å². The molecular formula is C43H72N6O8. The van der Waals surface area contributed by atoms with Crippen molar-refractivity contribution in [3.8, 4) is 0 Å². The third-order valence-corrected chi connectivity index (χ3v) is 11.9. The molecule has 3 N–H and O–H groups in total. The number of nitrogens with zero attached hydrogens (tertiary/aromatic N) is 3. The van der Waals surface area contributed by atoms with E-state index in [-0.39, 0.29) is 53.7 Å². The third-order valence-electron chi connectivity index (χ3n) is 11.9. The Morgan fingerprint density at radius 2 is 1.54 bits per heavy atom. The van der Waals surface area contributed by atoms with Crippen LogP contribution in [-0.4, -0.2) is 135 Å². The molecule has 5 amide bonds. The highest BCUT2D eigenvalue weighted by atomic mass is 16.7. The molecule has 14 nitrogen and oxygen atoms in total. The minimum absolute atomic E-state index is 0.00794. The van der Waals surface area contributed by atoms with Gasteiger partial charge in [-0.3, -0.25) is 28.8 Å². The van der Waals surface area contributed by atoms with Crippen LogP contribution in [0.15, 0.2) is 30.3 Å². The van der Waals surface area contributed by atoms with E-state index in [1.54, 1.807) is 45.0 Å². The normalized spacial score (nSPS) is 20.3. The number of nitrogens with one attached hydrogen (secondary N) is 3. The van der Waals surface area contributed by atoms with E-state index in [1.807, 2.05) is 71.9 Å². The maximum Gasteiger partial charge on any atom is 0.269 e. The van der Waals surface area contributed by atoms with Crippen molar-refractivity contribution in [1.29, 1.82) is 0 Å². The first-order valence-corrected chi connectivity index (χ1v) is 21.0. The third kappa shape index (κ3) is 12.7. The first-order chi connectivity index (χ1) is 27.1. The van der Waals surface area contributed by atoms with Crippen LogP contribution in [0, 0.1) is 23.7 Å². The lowest BCUT2D eigenvalue weighted by Crippen LogP contribution is -2.59. The van der Waals surface area contributed by atoms with Gasteiger partial charge in [0.2, 0.25) is 23.6 Å². The molecule has 2 saturated heterocycles. The second kappa shape index (κ2) is 23.1. The van der Waals surface area contributed by atoms with Crippen LogP contribution < -0.4 is 16.0 Å². The summed E-state index contributed by atoms with van der Waals surface area (Å²) in [4.78, 5) is 78.5. The molecule has 0 spiro atoms. The van der Waals surface area contributed by atoms with Crippen LogP contribution >= 0.6 is 0 Å². The molecule has 1 aromatic rings. The largest absolute Gasteiger partial charge is 0.379 e. The summed E-state index contributed by atoms with van der Waals surface area (Å²) in [6.45, 7) is 15.0. The summed E-state index contributed by atoms with van der Waals surface area (Å²) in [5.41, 5.74) is 0.908. The molecule has 57 heavy (non-hydrogen) atoms. The zero-order chi connectivity index (χ0) is 42.4. The van der Waals surface area contributed by atoms with E-state index in [0.29, 0.717) is 32.5 Å².